The number of carboxylic acid groups (broad SMARTS) is 1. The van der Waals surface area contributed by atoms with E-state index in [-0.39, 0.29) is 11.7 Å². The molecule has 6 rings (SSSR count). The van der Waals surface area contributed by atoms with Crippen LogP contribution in [0, 0.1) is 17.8 Å². The summed E-state index contributed by atoms with van der Waals surface area (Å²) in [7, 11) is 1.27. The van der Waals surface area contributed by atoms with Gasteiger partial charge in [0.1, 0.15) is 11.7 Å². The lowest BCUT2D eigenvalue weighted by Crippen LogP contribution is -2.24. The summed E-state index contributed by atoms with van der Waals surface area (Å²) in [5.41, 5.74) is 10.4. The van der Waals surface area contributed by atoms with E-state index in [0.29, 0.717) is 39.5 Å². The number of nitrogens with one attached hydrogen (secondary N) is 1. The van der Waals surface area contributed by atoms with Crippen LogP contribution in [0.5, 0.6) is 0 Å². The molecule has 3 N–H and O–H groups in total. The van der Waals surface area contributed by atoms with Crippen LogP contribution < -0.4 is 5.32 Å². The largest absolute Gasteiger partial charge is 0.510 e. The van der Waals surface area contributed by atoms with E-state index < -0.39 is 23.8 Å². The summed E-state index contributed by atoms with van der Waals surface area (Å²) < 4.78 is 5.14. The molecule has 0 aromatic heterocycles. The van der Waals surface area contributed by atoms with E-state index >= 15 is 0 Å². The van der Waals surface area contributed by atoms with Gasteiger partial charge in [0.15, 0.2) is 0 Å². The van der Waals surface area contributed by atoms with Crippen LogP contribution in [-0.2, 0) is 14.3 Å². The molecule has 5 aliphatic heterocycles. The average Bonchev–Trinajstić information content (AvgIpc) is 3.72. The summed E-state index contributed by atoms with van der Waals surface area (Å²) in [4.78, 5) is 39.7. The van der Waals surface area contributed by atoms with Gasteiger partial charge in [-0.1, -0.05) is 38.3 Å². The quantitative estimate of drug-likeness (QED) is 0.280. The first-order chi connectivity index (χ1) is 21.0. The van der Waals surface area contributed by atoms with E-state index in [0.717, 1.165) is 51.2 Å². The molecule has 6 aliphatic rings. The Bertz CT molecular complexity index is 1890. The van der Waals surface area contributed by atoms with Crippen molar-refractivity contribution < 1.29 is 24.5 Å². The van der Waals surface area contributed by atoms with Crippen molar-refractivity contribution in [2.45, 2.75) is 27.7 Å². The SMILES string of the molecule is C=CC1=C(C)C2=NC1=CC1=C(C)C3=C(O)[C@H](C(=O)OC)C(=C4NC(=CC5=NC(=C2)C(C=C)=C5C)[C@@H](C)[C@@H]4/C=C\C(=O)O)C3=N1. The van der Waals surface area contributed by atoms with Crippen LogP contribution in [0.25, 0.3) is 0 Å². The number of aliphatic hydroxyl groups excluding tert-OH is 1. The van der Waals surface area contributed by atoms with Crippen molar-refractivity contribution >= 4 is 29.1 Å². The average molecular weight is 589 g/mol. The zero-order valence-electron chi connectivity index (χ0n) is 25.1. The molecule has 1 saturated heterocycles. The van der Waals surface area contributed by atoms with Crippen LogP contribution in [0.15, 0.2) is 144 Å². The van der Waals surface area contributed by atoms with Gasteiger partial charge in [-0.3, -0.25) is 4.79 Å². The molecular weight excluding hydrogens is 556 g/mol. The van der Waals surface area contributed by atoms with Crippen LogP contribution in [-0.4, -0.2) is 46.4 Å². The second-order valence-corrected chi connectivity index (χ2v) is 11.3. The molecule has 0 aromatic carbocycles. The third-order valence-corrected chi connectivity index (χ3v) is 8.97. The zero-order chi connectivity index (χ0) is 31.6. The fraction of sp³-hybridized carbons (Fsp3) is 0.229. The Balaban J connectivity index is 1.70. The number of aliphatic carboxylic acids is 1. The number of nitrogens with zero attached hydrogens (tertiary/aromatic N) is 3. The van der Waals surface area contributed by atoms with Gasteiger partial charge in [0, 0.05) is 51.6 Å². The maximum atomic E-state index is 13.2. The second-order valence-electron chi connectivity index (χ2n) is 11.3. The third kappa shape index (κ3) is 4.18. The van der Waals surface area contributed by atoms with E-state index in [1.807, 2.05) is 45.9 Å². The number of carbonyl (C=O) groups excluding carboxylic acids is 1. The molecular formula is C35H32N4O5. The first-order valence-corrected chi connectivity index (χ1v) is 14.2. The maximum absolute atomic E-state index is 13.2. The van der Waals surface area contributed by atoms with Crippen molar-refractivity contribution in [1.82, 2.24) is 5.32 Å². The minimum absolute atomic E-state index is 0.161. The Morgan fingerprint density at radius 2 is 1.57 bits per heavy atom. The second kappa shape index (κ2) is 10.4. The van der Waals surface area contributed by atoms with Crippen LogP contribution in [0.4, 0.5) is 0 Å². The smallest absolute Gasteiger partial charge is 0.327 e. The number of fused-ring (bicyclic) bond motifs is 5. The highest BCUT2D eigenvalue weighted by Gasteiger charge is 2.48. The molecule has 3 atom stereocenters. The Kier molecular flexibility index (Phi) is 6.84. The highest BCUT2D eigenvalue weighted by molar-refractivity contribution is 6.24. The highest BCUT2D eigenvalue weighted by Crippen LogP contribution is 2.48. The van der Waals surface area contributed by atoms with Crippen LogP contribution >= 0.6 is 0 Å². The van der Waals surface area contributed by atoms with Gasteiger partial charge in [0.2, 0.25) is 0 Å². The normalized spacial score (nSPS) is 25.7. The number of hydrogen-bond donors (Lipinski definition) is 3. The molecule has 9 heteroatoms. The minimum Gasteiger partial charge on any atom is -0.510 e. The molecule has 44 heavy (non-hydrogen) atoms. The lowest BCUT2D eigenvalue weighted by atomic mass is 9.87. The molecule has 1 fully saturated rings. The lowest BCUT2D eigenvalue weighted by molar-refractivity contribution is -0.143. The number of ether oxygens (including phenoxy) is 1. The van der Waals surface area contributed by atoms with Crippen molar-refractivity contribution in [2.75, 3.05) is 7.11 Å². The Labute approximate surface area is 255 Å². The summed E-state index contributed by atoms with van der Waals surface area (Å²) in [6.07, 6.45) is 12.0. The number of methoxy groups -OCH3 is 1. The number of allylic oxidation sites excluding steroid dienone is 11. The summed E-state index contributed by atoms with van der Waals surface area (Å²) >= 11 is 0. The number of hydrogen-bond acceptors (Lipinski definition) is 8. The highest BCUT2D eigenvalue weighted by atomic mass is 16.5. The fourth-order valence-electron chi connectivity index (χ4n) is 6.55. The van der Waals surface area contributed by atoms with Gasteiger partial charge in [-0.2, -0.15) is 0 Å². The molecule has 0 radical (unpaired) electrons. The van der Waals surface area contributed by atoms with Crippen LogP contribution in [0.1, 0.15) is 27.7 Å². The number of carbonyl (C=O) groups is 2. The summed E-state index contributed by atoms with van der Waals surface area (Å²) in [6.45, 7) is 15.8. The van der Waals surface area contributed by atoms with Crippen LogP contribution in [0.2, 0.25) is 0 Å². The number of aliphatic imine (C=N–C) groups is 3. The van der Waals surface area contributed by atoms with Crippen molar-refractivity contribution in [3.63, 3.8) is 0 Å². The van der Waals surface area contributed by atoms with Gasteiger partial charge < -0.3 is 20.3 Å². The molecule has 1 aliphatic carbocycles. The van der Waals surface area contributed by atoms with Gasteiger partial charge in [-0.05, 0) is 55.7 Å². The predicted octanol–water partition coefficient (Wildman–Crippen LogP) is 5.66. The molecule has 8 bridgehead atoms. The molecule has 0 spiro atoms. The van der Waals surface area contributed by atoms with Gasteiger partial charge in [0.05, 0.1) is 41.3 Å². The van der Waals surface area contributed by atoms with E-state index in [9.17, 15) is 19.8 Å². The zero-order valence-corrected chi connectivity index (χ0v) is 25.1. The summed E-state index contributed by atoms with van der Waals surface area (Å²) in [5.74, 6) is -3.75. The third-order valence-electron chi connectivity index (χ3n) is 8.97. The first-order valence-electron chi connectivity index (χ1n) is 14.2. The van der Waals surface area contributed by atoms with Crippen molar-refractivity contribution in [3.8, 4) is 0 Å². The topological polar surface area (TPSA) is 133 Å². The van der Waals surface area contributed by atoms with Crippen molar-refractivity contribution in [3.05, 3.63) is 129 Å². The number of esters is 1. The predicted molar refractivity (Wildman–Crippen MR) is 170 cm³/mol. The first kappa shape index (κ1) is 28.8. The number of aliphatic hydroxyl groups is 1. The van der Waals surface area contributed by atoms with Gasteiger partial charge >= 0.3 is 11.9 Å². The Morgan fingerprint density at radius 1 is 0.955 bits per heavy atom. The molecule has 0 amide bonds. The van der Waals surface area contributed by atoms with Gasteiger partial charge in [0.25, 0.3) is 0 Å². The summed E-state index contributed by atoms with van der Waals surface area (Å²) in [6, 6.07) is 0. The minimum atomic E-state index is -1.14. The maximum Gasteiger partial charge on any atom is 0.327 e. The van der Waals surface area contributed by atoms with Gasteiger partial charge in [-0.15, -0.1) is 0 Å². The van der Waals surface area contributed by atoms with E-state index in [1.54, 1.807) is 18.2 Å². The Hall–Kier alpha value is -5.31. The van der Waals surface area contributed by atoms with E-state index in [4.69, 9.17) is 19.7 Å². The molecule has 5 heterocycles. The molecule has 9 nitrogen and oxygen atoms in total. The van der Waals surface area contributed by atoms with Crippen molar-refractivity contribution in [1.29, 1.82) is 0 Å². The van der Waals surface area contributed by atoms with E-state index in [1.165, 1.54) is 7.11 Å². The summed E-state index contributed by atoms with van der Waals surface area (Å²) in [5, 5.41) is 24.5. The fourth-order valence-corrected chi connectivity index (χ4v) is 6.55. The van der Waals surface area contributed by atoms with Crippen molar-refractivity contribution in [2.24, 2.45) is 32.7 Å². The van der Waals surface area contributed by atoms with E-state index in [2.05, 4.69) is 18.5 Å². The standard InChI is InChI=1S/C35H32N4O5/c1-8-19-15(3)22-12-24-17(5)21(10-11-28(40)41)32(38-24)30-31(35(43)44-7)34(42)29-18(6)25(39-33(29)30)14-27-20(9-2)16(4)23(37-27)13-26(19)36-22/h8-14,17,21,31,38,42H,1-2H2,3-7H3,(H,40,41)/b11-10-,24-12?,26-13?,27-14?,32-30?/t17-,21-,31+/m0/s1. The molecule has 222 valence electrons. The molecule has 0 aromatic rings. The lowest BCUT2D eigenvalue weighted by Gasteiger charge is -2.18. The molecule has 0 unspecified atom stereocenters. The number of carboxylic acids is 1. The van der Waals surface area contributed by atoms with Crippen LogP contribution in [0.3, 0.4) is 0 Å². The Morgan fingerprint density at radius 3 is 2.16 bits per heavy atom. The number of rotatable bonds is 5. The molecule has 0 saturated carbocycles. The monoisotopic (exact) mass is 588 g/mol. The van der Waals surface area contributed by atoms with Gasteiger partial charge in [-0.25, -0.2) is 19.8 Å².